The fourth-order valence-corrected chi connectivity index (χ4v) is 10.5. The normalized spacial score (nSPS) is 12.6. The summed E-state index contributed by atoms with van der Waals surface area (Å²) in [7, 11) is 0. The zero-order valence-corrected chi connectivity index (χ0v) is 44.4. The molecule has 0 aliphatic heterocycles. The summed E-state index contributed by atoms with van der Waals surface area (Å²) in [6.07, 6.45) is 0. The van der Waals surface area contributed by atoms with Crippen molar-refractivity contribution in [3.8, 4) is 22.3 Å². The summed E-state index contributed by atoms with van der Waals surface area (Å²) in [6, 6.07) is 70.1. The molecule has 10 aromatic rings. The smallest absolute Gasteiger partial charge is 0.0887 e. The molecule has 0 radical (unpaired) electrons. The van der Waals surface area contributed by atoms with Crippen molar-refractivity contribution in [1.29, 1.82) is 0 Å². The van der Waals surface area contributed by atoms with Gasteiger partial charge in [0.25, 0.3) is 0 Å². The number of hydrogen-bond donors (Lipinski definition) is 0. The minimum absolute atomic E-state index is 0.00620. The van der Waals surface area contributed by atoms with Crippen LogP contribution in [0.2, 0.25) is 5.02 Å². The molecule has 2 nitrogen and oxygen atoms in total. The van der Waals surface area contributed by atoms with Gasteiger partial charge in [-0.1, -0.05) is 222 Å². The molecule has 0 bridgehead atoms. The lowest BCUT2D eigenvalue weighted by Crippen LogP contribution is -2.18. The Balaban J connectivity index is 1.30. The summed E-state index contributed by atoms with van der Waals surface area (Å²) in [4.78, 5) is 4.77. The van der Waals surface area contributed by atoms with Crippen LogP contribution in [0.4, 0.5) is 34.1 Å². The zero-order chi connectivity index (χ0) is 50.2. The number of nitrogens with zero attached hydrogens (tertiary/aromatic N) is 2. The third kappa shape index (κ3) is 9.09. The third-order valence-electron chi connectivity index (χ3n) is 14.5. The fourth-order valence-electron chi connectivity index (χ4n) is 10.3. The molecule has 0 heterocycles. The van der Waals surface area contributed by atoms with Crippen LogP contribution in [0, 0.1) is 0 Å². The van der Waals surface area contributed by atoms with Crippen molar-refractivity contribution in [3.63, 3.8) is 0 Å². The van der Waals surface area contributed by atoms with Crippen LogP contribution in [-0.4, -0.2) is 0 Å². The molecule has 0 fully saturated rings. The molecule has 0 amide bonds. The topological polar surface area (TPSA) is 6.48 Å². The van der Waals surface area contributed by atoms with Crippen LogP contribution in [0.15, 0.2) is 188 Å². The number of halogens is 1. The average molecular weight is 948 g/mol. The van der Waals surface area contributed by atoms with E-state index in [1.807, 2.05) is 0 Å². The number of rotatable bonds is 8. The predicted octanol–water partition coefficient (Wildman–Crippen LogP) is 20.7. The van der Waals surface area contributed by atoms with Gasteiger partial charge in [0.15, 0.2) is 0 Å². The summed E-state index contributed by atoms with van der Waals surface area (Å²) in [5, 5.41) is 8.23. The van der Waals surface area contributed by atoms with Crippen molar-refractivity contribution in [2.24, 2.45) is 0 Å². The minimum atomic E-state index is -0.111. The molecule has 71 heavy (non-hydrogen) atoms. The van der Waals surface area contributed by atoms with Gasteiger partial charge in [-0.15, -0.1) is 0 Å². The van der Waals surface area contributed by atoms with E-state index in [0.717, 1.165) is 50.8 Å². The fraction of sp³-hybridized carbons (Fsp3) is 0.235. The van der Waals surface area contributed by atoms with Crippen molar-refractivity contribution in [2.45, 2.75) is 105 Å². The maximum absolute atomic E-state index is 8.29. The summed E-state index contributed by atoms with van der Waals surface area (Å²) >= 11 is 8.29. The van der Waals surface area contributed by atoms with E-state index >= 15 is 0 Å². The molecule has 3 heteroatoms. The highest BCUT2D eigenvalue weighted by Crippen LogP contribution is 2.52. The van der Waals surface area contributed by atoms with Gasteiger partial charge in [0.1, 0.15) is 0 Å². The van der Waals surface area contributed by atoms with Crippen LogP contribution in [0.25, 0.3) is 54.6 Å². The van der Waals surface area contributed by atoms with Crippen LogP contribution >= 0.6 is 11.6 Å². The lowest BCUT2D eigenvalue weighted by molar-refractivity contribution is 0.590. The van der Waals surface area contributed by atoms with Crippen LogP contribution in [-0.2, 0) is 21.7 Å². The third-order valence-corrected chi connectivity index (χ3v) is 14.9. The Kier molecular flexibility index (Phi) is 12.0. The van der Waals surface area contributed by atoms with Gasteiger partial charge >= 0.3 is 0 Å². The van der Waals surface area contributed by atoms with E-state index in [0.29, 0.717) is 5.02 Å². The predicted molar refractivity (Wildman–Crippen MR) is 310 cm³/mol. The van der Waals surface area contributed by atoms with Gasteiger partial charge in [-0.3, -0.25) is 0 Å². The quantitative estimate of drug-likeness (QED) is 0.140. The maximum atomic E-state index is 8.29. The van der Waals surface area contributed by atoms with Gasteiger partial charge < -0.3 is 9.80 Å². The number of hydrogen-bond acceptors (Lipinski definition) is 2. The standard InChI is InChI=1S/C68H67ClN2/c1-65(2,3)49-25-32-53(33-26-49)70(54-34-27-50(28-35-54)66(4,5)6)60-41-48(44-17-14-13-15-18-44)42-61(64(60)69)71(55-36-29-51(30-37-55)67(7,8)9)59-40-31-52(68(10,11)12)43-58(59)56-38-23-47-22-21-45-19-16-20-46-24-39-57(56)63(47)62(45)46/h13-43H,1-12H3. The Labute approximate surface area is 427 Å². The first-order valence-electron chi connectivity index (χ1n) is 25.3. The van der Waals surface area contributed by atoms with Crippen molar-refractivity contribution >= 4 is 78.0 Å². The molecule has 0 aliphatic rings. The van der Waals surface area contributed by atoms with Gasteiger partial charge in [-0.2, -0.15) is 0 Å². The molecule has 0 aliphatic carbocycles. The number of benzene rings is 10. The Morgan fingerprint density at radius 1 is 0.310 bits per heavy atom. The molecular weight excluding hydrogens is 880 g/mol. The minimum Gasteiger partial charge on any atom is -0.309 e. The van der Waals surface area contributed by atoms with Crippen LogP contribution < -0.4 is 9.80 Å². The van der Waals surface area contributed by atoms with Crippen molar-refractivity contribution in [1.82, 2.24) is 0 Å². The van der Waals surface area contributed by atoms with E-state index in [-0.39, 0.29) is 21.7 Å². The Hall–Kier alpha value is -6.87. The van der Waals surface area contributed by atoms with E-state index in [4.69, 9.17) is 11.6 Å². The van der Waals surface area contributed by atoms with Crippen LogP contribution in [0.1, 0.15) is 105 Å². The second-order valence-electron chi connectivity index (χ2n) is 23.7. The first-order valence-corrected chi connectivity index (χ1v) is 25.7. The molecule has 0 atom stereocenters. The highest BCUT2D eigenvalue weighted by molar-refractivity contribution is 6.37. The highest BCUT2D eigenvalue weighted by Gasteiger charge is 2.29. The van der Waals surface area contributed by atoms with Crippen molar-refractivity contribution in [3.05, 3.63) is 215 Å². The number of anilines is 6. The molecule has 10 rings (SSSR count). The van der Waals surface area contributed by atoms with E-state index < -0.39 is 0 Å². The summed E-state index contributed by atoms with van der Waals surface area (Å²) in [5.41, 5.74) is 15.3. The van der Waals surface area contributed by atoms with E-state index in [1.165, 1.54) is 60.1 Å². The molecule has 0 saturated carbocycles. The van der Waals surface area contributed by atoms with Gasteiger partial charge in [0.2, 0.25) is 0 Å². The Morgan fingerprint density at radius 3 is 1.23 bits per heavy atom. The van der Waals surface area contributed by atoms with Gasteiger partial charge in [0, 0.05) is 22.6 Å². The van der Waals surface area contributed by atoms with E-state index in [2.05, 4.69) is 281 Å². The molecule has 0 N–H and O–H groups in total. The molecular formula is C68H67ClN2. The maximum Gasteiger partial charge on any atom is 0.0887 e. The monoisotopic (exact) mass is 946 g/mol. The second-order valence-corrected chi connectivity index (χ2v) is 24.1. The lowest BCUT2D eigenvalue weighted by atomic mass is 9.83. The Bertz CT molecular complexity index is 3470. The van der Waals surface area contributed by atoms with Gasteiger partial charge in [-0.05, 0) is 154 Å². The molecule has 0 spiro atoms. The molecule has 356 valence electrons. The van der Waals surface area contributed by atoms with E-state index in [1.54, 1.807) is 0 Å². The highest BCUT2D eigenvalue weighted by atomic mass is 35.5. The SMILES string of the molecule is CC(C)(C)c1ccc(N(c2ccc(C(C)(C)C)cc2)c2cc(-c3ccccc3)cc(N(c3ccc(C(C)(C)C)cc3)c3ccc(C(C)(C)C)cc3-c3ccc4ccc5cccc6ccc3c4c56)c2Cl)cc1. The van der Waals surface area contributed by atoms with Gasteiger partial charge in [0.05, 0.1) is 22.1 Å². The van der Waals surface area contributed by atoms with E-state index in [9.17, 15) is 0 Å². The first kappa shape index (κ1) is 47.8. The second kappa shape index (κ2) is 17.8. The van der Waals surface area contributed by atoms with Crippen molar-refractivity contribution < 1.29 is 0 Å². The average Bonchev–Trinajstić information content (AvgIpc) is 3.34. The van der Waals surface area contributed by atoms with Gasteiger partial charge in [-0.25, -0.2) is 0 Å². The molecule has 0 saturated heterocycles. The first-order chi connectivity index (χ1) is 33.6. The van der Waals surface area contributed by atoms with Crippen LogP contribution in [0.3, 0.4) is 0 Å². The molecule has 10 aromatic carbocycles. The van der Waals surface area contributed by atoms with Crippen molar-refractivity contribution in [2.75, 3.05) is 9.80 Å². The Morgan fingerprint density at radius 2 is 0.732 bits per heavy atom. The summed E-state index contributed by atoms with van der Waals surface area (Å²) in [6.45, 7) is 27.4. The largest absolute Gasteiger partial charge is 0.309 e. The summed E-state index contributed by atoms with van der Waals surface area (Å²) in [5.74, 6) is 0. The molecule has 0 aromatic heterocycles. The lowest BCUT2D eigenvalue weighted by Gasteiger charge is -2.34. The zero-order valence-electron chi connectivity index (χ0n) is 43.7. The molecule has 0 unspecified atom stereocenters. The summed E-state index contributed by atoms with van der Waals surface area (Å²) < 4.78 is 0. The van der Waals surface area contributed by atoms with Crippen LogP contribution in [0.5, 0.6) is 0 Å².